The molecule has 1 heterocycles. The molecule has 0 aromatic carbocycles. The van der Waals surface area contributed by atoms with Crippen LogP contribution in [0.1, 0.15) is 26.2 Å². The van der Waals surface area contributed by atoms with Gasteiger partial charge in [0, 0.05) is 32.7 Å². The number of hydrogen-bond acceptors (Lipinski definition) is 2. The zero-order valence-corrected chi connectivity index (χ0v) is 9.42. The highest BCUT2D eigenvalue weighted by Gasteiger charge is 2.27. The van der Waals surface area contributed by atoms with Gasteiger partial charge in [0.05, 0.1) is 5.38 Å². The zero-order valence-electron chi connectivity index (χ0n) is 8.67. The van der Waals surface area contributed by atoms with Crippen molar-refractivity contribution < 1.29 is 9.53 Å². The fourth-order valence-corrected chi connectivity index (χ4v) is 1.84. The summed E-state index contributed by atoms with van der Waals surface area (Å²) in [7, 11) is 0. The highest BCUT2D eigenvalue weighted by molar-refractivity contribution is 6.22. The highest BCUT2D eigenvalue weighted by atomic mass is 35.5. The normalized spacial score (nSPS) is 22.0. The Bertz CT molecular complexity index is 187. The largest absolute Gasteiger partial charge is 0.381 e. The minimum Gasteiger partial charge on any atom is -0.381 e. The summed E-state index contributed by atoms with van der Waals surface area (Å²) in [5.74, 6) is 0.181. The average molecular weight is 220 g/mol. The predicted octanol–water partition coefficient (Wildman–Crippen LogP) is 1.64. The van der Waals surface area contributed by atoms with Crippen molar-refractivity contribution in [3.63, 3.8) is 0 Å². The van der Waals surface area contributed by atoms with E-state index in [1.165, 1.54) is 0 Å². The Morgan fingerprint density at radius 3 is 2.93 bits per heavy atom. The fraction of sp³-hybridized carbons (Fsp3) is 0.900. The van der Waals surface area contributed by atoms with Gasteiger partial charge in [-0.3, -0.25) is 4.79 Å². The van der Waals surface area contributed by atoms with Crippen LogP contribution in [0, 0.1) is 0 Å². The molecule has 1 aliphatic heterocycles. The van der Waals surface area contributed by atoms with Crippen molar-refractivity contribution in [3.8, 4) is 0 Å². The van der Waals surface area contributed by atoms with Gasteiger partial charge in [-0.05, 0) is 12.8 Å². The van der Waals surface area contributed by atoms with E-state index in [-0.39, 0.29) is 11.3 Å². The second-order valence-corrected chi connectivity index (χ2v) is 4.22. The van der Waals surface area contributed by atoms with Crippen molar-refractivity contribution in [1.29, 1.82) is 0 Å². The number of amides is 1. The molecule has 1 rings (SSSR count). The number of ether oxygens (including phenoxy) is 1. The van der Waals surface area contributed by atoms with E-state index in [1.807, 2.05) is 4.90 Å². The molecule has 3 nitrogen and oxygen atoms in total. The molecular formula is C10H18ClNO2. The summed E-state index contributed by atoms with van der Waals surface area (Å²) >= 11 is 5.87. The lowest BCUT2D eigenvalue weighted by Gasteiger charge is -2.15. The van der Waals surface area contributed by atoms with Gasteiger partial charge in [-0.2, -0.15) is 0 Å². The van der Waals surface area contributed by atoms with Crippen molar-refractivity contribution in [2.45, 2.75) is 31.6 Å². The van der Waals surface area contributed by atoms with Gasteiger partial charge >= 0.3 is 0 Å². The van der Waals surface area contributed by atoms with Crippen LogP contribution in [0.15, 0.2) is 0 Å². The van der Waals surface area contributed by atoms with Crippen LogP contribution in [0.3, 0.4) is 0 Å². The Balaban J connectivity index is 2.04. The second-order valence-electron chi connectivity index (χ2n) is 3.61. The van der Waals surface area contributed by atoms with Crippen molar-refractivity contribution >= 4 is 17.5 Å². The highest BCUT2D eigenvalue weighted by Crippen LogP contribution is 2.16. The number of nitrogens with zero attached hydrogens (tertiary/aromatic N) is 1. The van der Waals surface area contributed by atoms with Gasteiger partial charge in [-0.15, -0.1) is 11.6 Å². The van der Waals surface area contributed by atoms with Crippen molar-refractivity contribution in [2.24, 2.45) is 0 Å². The third-order valence-corrected chi connectivity index (χ3v) is 2.52. The molecular weight excluding hydrogens is 202 g/mol. The maximum Gasteiger partial charge on any atom is 0.224 e. The van der Waals surface area contributed by atoms with Crippen molar-refractivity contribution in [2.75, 3.05) is 26.3 Å². The first kappa shape index (κ1) is 11.8. The van der Waals surface area contributed by atoms with Crippen molar-refractivity contribution in [3.05, 3.63) is 0 Å². The number of rotatable bonds is 6. The molecule has 0 aromatic rings. The van der Waals surface area contributed by atoms with Crippen LogP contribution in [0.5, 0.6) is 0 Å². The molecule has 1 saturated heterocycles. The van der Waals surface area contributed by atoms with Gasteiger partial charge in [-0.1, -0.05) is 6.92 Å². The molecule has 0 spiro atoms. The summed E-state index contributed by atoms with van der Waals surface area (Å²) in [5, 5.41) is 0.0130. The summed E-state index contributed by atoms with van der Waals surface area (Å²) in [5.41, 5.74) is 0. The van der Waals surface area contributed by atoms with Crippen LogP contribution in [0.25, 0.3) is 0 Å². The third-order valence-electron chi connectivity index (χ3n) is 2.23. The predicted molar refractivity (Wildman–Crippen MR) is 56.6 cm³/mol. The van der Waals surface area contributed by atoms with Crippen LogP contribution < -0.4 is 0 Å². The summed E-state index contributed by atoms with van der Waals surface area (Å²) < 4.78 is 5.33. The lowest BCUT2D eigenvalue weighted by molar-refractivity contribution is -0.127. The smallest absolute Gasteiger partial charge is 0.224 e. The topological polar surface area (TPSA) is 29.5 Å². The number of hydrogen-bond donors (Lipinski definition) is 0. The Morgan fingerprint density at radius 1 is 1.57 bits per heavy atom. The number of carbonyl (C=O) groups is 1. The lowest BCUT2D eigenvalue weighted by atomic mass is 10.4. The molecule has 0 radical (unpaired) electrons. The molecule has 82 valence electrons. The van der Waals surface area contributed by atoms with Crippen LogP contribution in [-0.2, 0) is 9.53 Å². The standard InChI is InChI=1S/C10H18ClNO2/c1-2-5-14-6-3-4-12-8-9(11)7-10(12)13/h9H,2-8H2,1H3. The molecule has 1 atom stereocenters. The van der Waals surface area contributed by atoms with Crippen LogP contribution in [0.2, 0.25) is 0 Å². The van der Waals surface area contributed by atoms with Gasteiger partial charge in [0.25, 0.3) is 0 Å². The van der Waals surface area contributed by atoms with Gasteiger partial charge in [0.1, 0.15) is 0 Å². The maximum atomic E-state index is 11.3. The SMILES string of the molecule is CCCOCCCN1CC(Cl)CC1=O. The first-order valence-electron chi connectivity index (χ1n) is 5.23. The molecule has 1 amide bonds. The van der Waals surface area contributed by atoms with E-state index >= 15 is 0 Å². The Morgan fingerprint density at radius 2 is 2.36 bits per heavy atom. The molecule has 1 unspecified atom stereocenters. The first-order chi connectivity index (χ1) is 6.74. The zero-order chi connectivity index (χ0) is 10.4. The fourth-order valence-electron chi connectivity index (χ4n) is 1.54. The Hall–Kier alpha value is -0.280. The van der Waals surface area contributed by atoms with E-state index in [4.69, 9.17) is 16.3 Å². The van der Waals surface area contributed by atoms with Crippen LogP contribution >= 0.6 is 11.6 Å². The minimum absolute atomic E-state index is 0.0130. The van der Waals surface area contributed by atoms with E-state index in [2.05, 4.69) is 6.92 Å². The van der Waals surface area contributed by atoms with Crippen LogP contribution in [-0.4, -0.2) is 42.5 Å². The van der Waals surface area contributed by atoms with Gasteiger partial charge in [0.15, 0.2) is 0 Å². The van der Waals surface area contributed by atoms with Gasteiger partial charge in [-0.25, -0.2) is 0 Å². The lowest BCUT2D eigenvalue weighted by Crippen LogP contribution is -2.27. The van der Waals surface area contributed by atoms with Crippen molar-refractivity contribution in [1.82, 2.24) is 4.90 Å². The maximum absolute atomic E-state index is 11.3. The van der Waals surface area contributed by atoms with Crippen LogP contribution in [0.4, 0.5) is 0 Å². The molecule has 0 N–H and O–H groups in total. The number of carbonyl (C=O) groups excluding carboxylic acids is 1. The monoisotopic (exact) mass is 219 g/mol. The Labute approximate surface area is 90.4 Å². The molecule has 14 heavy (non-hydrogen) atoms. The van der Waals surface area contributed by atoms with E-state index in [1.54, 1.807) is 0 Å². The van der Waals surface area contributed by atoms with Gasteiger partial charge < -0.3 is 9.64 Å². The molecule has 4 heteroatoms. The molecule has 1 aliphatic rings. The third kappa shape index (κ3) is 3.84. The number of likely N-dealkylation sites (tertiary alicyclic amines) is 1. The van der Waals surface area contributed by atoms with E-state index in [9.17, 15) is 4.79 Å². The summed E-state index contributed by atoms with van der Waals surface area (Å²) in [6.45, 7) is 5.12. The van der Waals surface area contributed by atoms with E-state index in [0.717, 1.165) is 32.6 Å². The second kappa shape index (κ2) is 6.25. The van der Waals surface area contributed by atoms with E-state index < -0.39 is 0 Å². The molecule has 1 fully saturated rings. The molecule has 0 aromatic heterocycles. The summed E-state index contributed by atoms with van der Waals surface area (Å²) in [6, 6.07) is 0. The Kier molecular flexibility index (Phi) is 5.26. The van der Waals surface area contributed by atoms with E-state index in [0.29, 0.717) is 13.0 Å². The summed E-state index contributed by atoms with van der Waals surface area (Å²) in [6.07, 6.45) is 2.46. The molecule has 0 bridgehead atoms. The quantitative estimate of drug-likeness (QED) is 0.502. The molecule has 0 saturated carbocycles. The average Bonchev–Trinajstić information content (AvgIpc) is 2.45. The summed E-state index contributed by atoms with van der Waals surface area (Å²) in [4.78, 5) is 13.1. The number of alkyl halides is 1. The minimum atomic E-state index is 0.0130. The number of halogens is 1. The van der Waals surface area contributed by atoms with Gasteiger partial charge in [0.2, 0.25) is 5.91 Å². The molecule has 0 aliphatic carbocycles. The first-order valence-corrected chi connectivity index (χ1v) is 5.67.